The van der Waals surface area contributed by atoms with E-state index in [1.54, 1.807) is 12.1 Å². The summed E-state index contributed by atoms with van der Waals surface area (Å²) in [4.78, 5) is 4.28. The van der Waals surface area contributed by atoms with E-state index in [1.165, 1.54) is 12.4 Å². The largest absolute Gasteiger partial charge is 0.265 e. The first-order chi connectivity index (χ1) is 4.61. The van der Waals surface area contributed by atoms with Crippen molar-refractivity contribution in [2.75, 3.05) is 0 Å². The van der Waals surface area contributed by atoms with Gasteiger partial charge in [-0.05, 0) is 18.0 Å². The van der Waals surface area contributed by atoms with Gasteiger partial charge in [0.2, 0.25) is 0 Å². The maximum absolute atomic E-state index is 11.0. The Kier molecular flexibility index (Phi) is 1.74. The molecule has 0 saturated heterocycles. The third kappa shape index (κ3) is 1.55. The standard InChI is InChI=1S/C6H8N2OS/c1-10(7,9)6-2-4-8-5-3-6/h2-5H,1H2,(H2,7,9). The molecule has 0 fully saturated rings. The van der Waals surface area contributed by atoms with Crippen LogP contribution in [0.15, 0.2) is 29.4 Å². The van der Waals surface area contributed by atoms with Crippen LogP contribution in [0, 0.1) is 0 Å². The van der Waals surface area contributed by atoms with Gasteiger partial charge in [-0.15, -0.1) is 0 Å². The minimum atomic E-state index is -2.54. The average molecular weight is 156 g/mol. The second-order valence-corrected chi connectivity index (χ2v) is 3.83. The van der Waals surface area contributed by atoms with Crippen LogP contribution < -0.4 is 5.14 Å². The highest BCUT2D eigenvalue weighted by Crippen LogP contribution is 2.01. The summed E-state index contributed by atoms with van der Waals surface area (Å²) in [6, 6.07) is 3.19. The van der Waals surface area contributed by atoms with Gasteiger partial charge in [0.1, 0.15) is 0 Å². The molecule has 1 heterocycles. The van der Waals surface area contributed by atoms with Crippen LogP contribution in [0.5, 0.6) is 0 Å². The zero-order valence-electron chi connectivity index (χ0n) is 5.36. The number of hydrogen-bond acceptors (Lipinski definition) is 2. The summed E-state index contributed by atoms with van der Waals surface area (Å²) < 4.78 is 11.0. The molecule has 0 spiro atoms. The SMILES string of the molecule is C=S(N)(=O)c1ccncc1. The topological polar surface area (TPSA) is 56.0 Å². The normalized spacial score (nSPS) is 16.1. The van der Waals surface area contributed by atoms with Crippen LogP contribution in [0.25, 0.3) is 0 Å². The third-order valence-corrected chi connectivity index (χ3v) is 2.12. The van der Waals surface area contributed by atoms with E-state index in [0.717, 1.165) is 0 Å². The van der Waals surface area contributed by atoms with Crippen molar-refractivity contribution >= 4 is 15.6 Å². The highest BCUT2D eigenvalue weighted by Gasteiger charge is 1.97. The maximum atomic E-state index is 11.0. The number of rotatable bonds is 1. The van der Waals surface area contributed by atoms with Gasteiger partial charge in [-0.25, -0.2) is 4.21 Å². The van der Waals surface area contributed by atoms with Gasteiger partial charge in [-0.2, -0.15) is 0 Å². The van der Waals surface area contributed by atoms with Crippen molar-refractivity contribution in [3.8, 4) is 0 Å². The van der Waals surface area contributed by atoms with Crippen LogP contribution in [-0.2, 0) is 9.71 Å². The monoisotopic (exact) mass is 156 g/mol. The molecule has 3 nitrogen and oxygen atoms in total. The Morgan fingerprint density at radius 3 is 2.30 bits per heavy atom. The van der Waals surface area contributed by atoms with Crippen molar-refractivity contribution in [2.45, 2.75) is 4.90 Å². The van der Waals surface area contributed by atoms with Gasteiger partial charge in [0, 0.05) is 17.3 Å². The highest BCUT2D eigenvalue weighted by molar-refractivity contribution is 7.98. The summed E-state index contributed by atoms with van der Waals surface area (Å²) in [6.45, 7) is 0. The van der Waals surface area contributed by atoms with E-state index < -0.39 is 9.71 Å². The zero-order chi connectivity index (χ0) is 7.61. The van der Waals surface area contributed by atoms with Crippen molar-refractivity contribution in [1.82, 2.24) is 4.98 Å². The average Bonchev–Trinajstić information content (AvgIpc) is 1.88. The smallest absolute Gasteiger partial charge is 0.0508 e. The number of pyridine rings is 1. The lowest BCUT2D eigenvalue weighted by atomic mass is 10.5. The molecule has 1 atom stereocenters. The van der Waals surface area contributed by atoms with E-state index in [9.17, 15) is 4.21 Å². The molecule has 1 unspecified atom stereocenters. The fourth-order valence-electron chi connectivity index (χ4n) is 0.569. The van der Waals surface area contributed by atoms with Gasteiger partial charge >= 0.3 is 0 Å². The van der Waals surface area contributed by atoms with Crippen LogP contribution >= 0.6 is 0 Å². The molecule has 1 rings (SSSR count). The van der Waals surface area contributed by atoms with Crippen LogP contribution in [0.3, 0.4) is 0 Å². The van der Waals surface area contributed by atoms with Crippen molar-refractivity contribution < 1.29 is 4.21 Å². The number of aromatic nitrogens is 1. The highest BCUT2D eigenvalue weighted by atomic mass is 32.2. The molecule has 0 radical (unpaired) electrons. The van der Waals surface area contributed by atoms with Crippen LogP contribution in [0.1, 0.15) is 0 Å². The predicted octanol–water partition coefficient (Wildman–Crippen LogP) is 0.0306. The first-order valence-electron chi connectivity index (χ1n) is 2.66. The van der Waals surface area contributed by atoms with Gasteiger partial charge in [0.05, 0.1) is 9.71 Å². The van der Waals surface area contributed by atoms with Crippen LogP contribution in [0.2, 0.25) is 0 Å². The van der Waals surface area contributed by atoms with Gasteiger partial charge in [0.15, 0.2) is 0 Å². The third-order valence-electron chi connectivity index (χ3n) is 1.05. The lowest BCUT2D eigenvalue weighted by Gasteiger charge is -1.98. The molecule has 54 valence electrons. The molecule has 2 N–H and O–H groups in total. The Labute approximate surface area is 60.0 Å². The summed E-state index contributed by atoms with van der Waals surface area (Å²) in [5, 5.41) is 5.25. The molecule has 0 amide bonds. The second kappa shape index (κ2) is 2.40. The Morgan fingerprint density at radius 2 is 2.00 bits per heavy atom. The van der Waals surface area contributed by atoms with E-state index in [1.807, 2.05) is 0 Å². The van der Waals surface area contributed by atoms with Crippen molar-refractivity contribution in [1.29, 1.82) is 0 Å². The Morgan fingerprint density at radius 1 is 1.50 bits per heavy atom. The quantitative estimate of drug-likeness (QED) is 0.583. The van der Waals surface area contributed by atoms with E-state index in [4.69, 9.17) is 5.14 Å². The van der Waals surface area contributed by atoms with E-state index >= 15 is 0 Å². The number of nitrogens with zero attached hydrogens (tertiary/aromatic N) is 1. The summed E-state index contributed by atoms with van der Waals surface area (Å²) in [5.74, 6) is 3.32. The molecule has 1 aromatic rings. The van der Waals surface area contributed by atoms with Gasteiger partial charge in [0.25, 0.3) is 0 Å². The van der Waals surface area contributed by atoms with E-state index in [-0.39, 0.29) is 0 Å². The minimum absolute atomic E-state index is 0.530. The molecule has 0 aliphatic heterocycles. The van der Waals surface area contributed by atoms with Crippen LogP contribution in [0.4, 0.5) is 0 Å². The molecule has 4 heteroatoms. The summed E-state index contributed by atoms with van der Waals surface area (Å²) in [7, 11) is -2.54. The molecule has 0 aliphatic rings. The van der Waals surface area contributed by atoms with E-state index in [2.05, 4.69) is 10.9 Å². The Hall–Kier alpha value is -0.870. The fourth-order valence-corrected chi connectivity index (χ4v) is 1.15. The lowest BCUT2D eigenvalue weighted by Crippen LogP contribution is -2.11. The number of nitrogens with two attached hydrogens (primary N) is 1. The first kappa shape index (κ1) is 7.24. The molecule has 10 heavy (non-hydrogen) atoms. The molecular weight excluding hydrogens is 148 g/mol. The summed E-state index contributed by atoms with van der Waals surface area (Å²) in [6.07, 6.45) is 3.07. The van der Waals surface area contributed by atoms with Crippen molar-refractivity contribution in [3.63, 3.8) is 0 Å². The molecule has 1 aromatic heterocycles. The van der Waals surface area contributed by atoms with Crippen molar-refractivity contribution in [2.24, 2.45) is 5.14 Å². The van der Waals surface area contributed by atoms with Gasteiger partial charge < -0.3 is 0 Å². The molecular formula is C6H8N2OS. The van der Waals surface area contributed by atoms with Crippen molar-refractivity contribution in [3.05, 3.63) is 24.5 Å². The first-order valence-corrected chi connectivity index (χ1v) is 4.45. The predicted molar refractivity (Wildman–Crippen MR) is 42.0 cm³/mol. The number of hydrogen-bond donors (Lipinski definition) is 1. The van der Waals surface area contributed by atoms with Gasteiger partial charge in [-0.3, -0.25) is 10.1 Å². The fraction of sp³-hybridized carbons (Fsp3) is 0. The molecule has 0 aliphatic carbocycles. The Balaban J connectivity index is 3.22. The molecule has 0 aromatic carbocycles. The van der Waals surface area contributed by atoms with Gasteiger partial charge in [-0.1, -0.05) is 0 Å². The molecule has 0 saturated carbocycles. The zero-order valence-corrected chi connectivity index (χ0v) is 6.17. The maximum Gasteiger partial charge on any atom is 0.0508 e. The van der Waals surface area contributed by atoms with E-state index in [0.29, 0.717) is 4.90 Å². The lowest BCUT2D eigenvalue weighted by molar-refractivity contribution is 0.682. The minimum Gasteiger partial charge on any atom is -0.265 e. The Bertz CT molecular complexity index is 304. The molecule has 0 bridgehead atoms. The summed E-state index contributed by atoms with van der Waals surface area (Å²) in [5.41, 5.74) is 0. The summed E-state index contributed by atoms with van der Waals surface area (Å²) >= 11 is 0. The second-order valence-electron chi connectivity index (χ2n) is 1.91. The van der Waals surface area contributed by atoms with Crippen LogP contribution in [-0.4, -0.2) is 15.1 Å².